The third-order valence-electron chi connectivity index (χ3n) is 5.63. The fourth-order valence-electron chi connectivity index (χ4n) is 4.12. The molecular weight excluding hydrogens is 415 g/mol. The van der Waals surface area contributed by atoms with Crippen LogP contribution in [0.3, 0.4) is 0 Å². The molecule has 1 aliphatic rings. The van der Waals surface area contributed by atoms with Crippen LogP contribution in [0.1, 0.15) is 29.7 Å². The van der Waals surface area contributed by atoms with Crippen molar-refractivity contribution in [3.63, 3.8) is 0 Å². The van der Waals surface area contributed by atoms with Crippen molar-refractivity contribution in [1.82, 2.24) is 9.88 Å². The lowest BCUT2D eigenvalue weighted by atomic mass is 9.98. The van der Waals surface area contributed by atoms with E-state index in [1.165, 1.54) is 0 Å². The van der Waals surface area contributed by atoms with E-state index in [-0.39, 0.29) is 19.1 Å². The molecule has 4 rings (SSSR count). The summed E-state index contributed by atoms with van der Waals surface area (Å²) in [5.41, 5.74) is 4.61. The van der Waals surface area contributed by atoms with Crippen molar-refractivity contribution >= 4 is 34.1 Å². The van der Waals surface area contributed by atoms with Crippen LogP contribution in [0.25, 0.3) is 10.9 Å². The Hall–Kier alpha value is -2.67. The molecule has 0 spiro atoms. The van der Waals surface area contributed by atoms with Gasteiger partial charge < -0.3 is 15.2 Å². The van der Waals surface area contributed by atoms with E-state index in [1.807, 2.05) is 43.5 Å². The number of hydrogen-bond donors (Lipinski definition) is 2. The molecule has 0 saturated carbocycles. The van der Waals surface area contributed by atoms with Gasteiger partial charge in [-0.2, -0.15) is 13.2 Å². The zero-order valence-corrected chi connectivity index (χ0v) is 17.1. The topological polar surface area (TPSA) is 48.1 Å². The van der Waals surface area contributed by atoms with Gasteiger partial charge >= 0.3 is 12.1 Å². The van der Waals surface area contributed by atoms with E-state index in [4.69, 9.17) is 11.6 Å². The van der Waals surface area contributed by atoms with Gasteiger partial charge in [0.1, 0.15) is 0 Å². The highest BCUT2D eigenvalue weighted by Gasteiger charge is 2.42. The van der Waals surface area contributed by atoms with Crippen LogP contribution in [-0.2, 0) is 17.6 Å². The van der Waals surface area contributed by atoms with Crippen molar-refractivity contribution in [2.24, 2.45) is 0 Å². The molecule has 0 saturated heterocycles. The molecule has 2 heterocycles. The quantitative estimate of drug-likeness (QED) is 0.572. The summed E-state index contributed by atoms with van der Waals surface area (Å²) in [6.07, 6.45) is -2.32. The van der Waals surface area contributed by atoms with E-state index < -0.39 is 12.1 Å². The number of aromatic nitrogens is 1. The van der Waals surface area contributed by atoms with Gasteiger partial charge in [0.05, 0.1) is 10.7 Å². The number of nitrogens with zero attached hydrogens (tertiary/aromatic N) is 1. The van der Waals surface area contributed by atoms with Gasteiger partial charge in [-0.25, -0.2) is 0 Å². The Morgan fingerprint density at radius 2 is 1.93 bits per heavy atom. The highest BCUT2D eigenvalue weighted by Crippen LogP contribution is 2.35. The maximum absolute atomic E-state index is 12.9. The lowest BCUT2D eigenvalue weighted by Gasteiger charge is -2.22. The van der Waals surface area contributed by atoms with Crippen LogP contribution in [0, 0.1) is 0 Å². The number of anilines is 1. The van der Waals surface area contributed by atoms with Crippen molar-refractivity contribution in [2.75, 3.05) is 18.4 Å². The summed E-state index contributed by atoms with van der Waals surface area (Å²) in [5.74, 6) is -1.79. The standard InChI is InChI=1S/C22H21ClF3N3O/c1-13(15-3-2-4-19-17(15)7-10-27-19)28-20-16-9-12-29(21(30)22(24,25)26)11-8-14(16)5-6-18(20)23/h2-7,10,13,27-28H,8-9,11-12H2,1H3. The molecule has 1 unspecified atom stereocenters. The van der Waals surface area contributed by atoms with Crippen LogP contribution in [-0.4, -0.2) is 35.1 Å². The van der Waals surface area contributed by atoms with Crippen molar-refractivity contribution in [3.05, 3.63) is 64.3 Å². The summed E-state index contributed by atoms with van der Waals surface area (Å²) < 4.78 is 38.6. The second-order valence-corrected chi connectivity index (χ2v) is 7.91. The van der Waals surface area contributed by atoms with Crippen LogP contribution in [0.5, 0.6) is 0 Å². The number of aromatic amines is 1. The first-order chi connectivity index (χ1) is 14.3. The molecule has 1 amide bonds. The molecular formula is C22H21ClF3N3O. The fourth-order valence-corrected chi connectivity index (χ4v) is 4.35. The Kier molecular flexibility index (Phi) is 5.40. The Morgan fingerprint density at radius 1 is 1.17 bits per heavy atom. The highest BCUT2D eigenvalue weighted by atomic mass is 35.5. The largest absolute Gasteiger partial charge is 0.471 e. The number of fused-ring (bicyclic) bond motifs is 2. The number of nitrogens with one attached hydrogen (secondary N) is 2. The molecule has 0 aliphatic carbocycles. The average molecular weight is 436 g/mol. The Labute approximate surface area is 177 Å². The van der Waals surface area contributed by atoms with E-state index in [9.17, 15) is 18.0 Å². The van der Waals surface area contributed by atoms with Crippen LogP contribution in [0.15, 0.2) is 42.6 Å². The minimum absolute atomic E-state index is 0.00212. The van der Waals surface area contributed by atoms with Crippen molar-refractivity contribution in [2.45, 2.75) is 32.0 Å². The molecule has 3 aromatic rings. The number of carbonyl (C=O) groups excluding carboxylic acids is 1. The van der Waals surface area contributed by atoms with Gasteiger partial charge in [0, 0.05) is 36.2 Å². The third kappa shape index (κ3) is 3.86. The average Bonchev–Trinajstić information content (AvgIpc) is 3.08. The molecule has 0 fully saturated rings. The molecule has 4 nitrogen and oxygen atoms in total. The zero-order valence-electron chi connectivity index (χ0n) is 16.3. The van der Waals surface area contributed by atoms with Gasteiger partial charge in [0.15, 0.2) is 0 Å². The summed E-state index contributed by atoms with van der Waals surface area (Å²) in [6, 6.07) is 11.5. The fraction of sp³-hybridized carbons (Fsp3) is 0.318. The van der Waals surface area contributed by atoms with E-state index in [0.717, 1.165) is 38.2 Å². The second-order valence-electron chi connectivity index (χ2n) is 7.50. The zero-order chi connectivity index (χ0) is 21.5. The molecule has 0 bridgehead atoms. The number of amides is 1. The predicted octanol–water partition coefficient (Wildman–Crippen LogP) is 5.48. The van der Waals surface area contributed by atoms with E-state index in [1.54, 1.807) is 6.07 Å². The predicted molar refractivity (Wildman–Crippen MR) is 112 cm³/mol. The molecule has 2 N–H and O–H groups in total. The number of carbonyl (C=O) groups is 1. The van der Waals surface area contributed by atoms with Gasteiger partial charge in [-0.1, -0.05) is 29.8 Å². The van der Waals surface area contributed by atoms with Crippen molar-refractivity contribution in [3.8, 4) is 0 Å². The number of H-pyrrole nitrogens is 1. The van der Waals surface area contributed by atoms with Gasteiger partial charge in [0.2, 0.25) is 0 Å². The molecule has 1 aliphatic heterocycles. The van der Waals surface area contributed by atoms with Gasteiger partial charge in [-0.3, -0.25) is 4.79 Å². The second kappa shape index (κ2) is 7.87. The number of benzene rings is 2. The Bertz CT molecular complexity index is 1090. The van der Waals surface area contributed by atoms with Crippen LogP contribution in [0.4, 0.5) is 18.9 Å². The molecule has 8 heteroatoms. The van der Waals surface area contributed by atoms with Gasteiger partial charge in [-0.05, 0) is 54.7 Å². The third-order valence-corrected chi connectivity index (χ3v) is 5.94. The number of rotatable bonds is 3. The number of alkyl halides is 3. The minimum Gasteiger partial charge on any atom is -0.377 e. The van der Waals surface area contributed by atoms with Gasteiger partial charge in [-0.15, -0.1) is 0 Å². The number of halogens is 4. The van der Waals surface area contributed by atoms with Gasteiger partial charge in [0.25, 0.3) is 0 Å². The summed E-state index contributed by atoms with van der Waals surface area (Å²) in [6.45, 7) is 2.06. The molecule has 158 valence electrons. The summed E-state index contributed by atoms with van der Waals surface area (Å²) in [5, 5.41) is 5.07. The molecule has 1 atom stereocenters. The van der Waals surface area contributed by atoms with Crippen LogP contribution >= 0.6 is 11.6 Å². The SMILES string of the molecule is CC(Nc1c(Cl)ccc2c1CCN(C(=O)C(F)(F)F)CC2)c1cccc2[nH]ccc12. The maximum Gasteiger partial charge on any atom is 0.471 e. The van der Waals surface area contributed by atoms with Crippen molar-refractivity contribution < 1.29 is 18.0 Å². The molecule has 2 aromatic carbocycles. The number of hydrogen-bond acceptors (Lipinski definition) is 2. The van der Waals surface area contributed by atoms with Crippen molar-refractivity contribution in [1.29, 1.82) is 0 Å². The first-order valence-corrected chi connectivity index (χ1v) is 10.1. The van der Waals surface area contributed by atoms with E-state index in [2.05, 4.69) is 10.3 Å². The summed E-state index contributed by atoms with van der Waals surface area (Å²) in [4.78, 5) is 15.8. The monoisotopic (exact) mass is 435 g/mol. The van der Waals surface area contributed by atoms with Crippen LogP contribution in [0.2, 0.25) is 5.02 Å². The first kappa shape index (κ1) is 20.6. The summed E-state index contributed by atoms with van der Waals surface area (Å²) in [7, 11) is 0. The van der Waals surface area contributed by atoms with E-state index >= 15 is 0 Å². The van der Waals surface area contributed by atoms with E-state index in [0.29, 0.717) is 17.9 Å². The Balaban J connectivity index is 1.62. The lowest BCUT2D eigenvalue weighted by molar-refractivity contribution is -0.185. The highest BCUT2D eigenvalue weighted by molar-refractivity contribution is 6.33. The minimum atomic E-state index is -4.86. The smallest absolute Gasteiger partial charge is 0.377 e. The lowest BCUT2D eigenvalue weighted by Crippen LogP contribution is -2.42. The maximum atomic E-state index is 12.9. The molecule has 0 radical (unpaired) electrons. The summed E-state index contributed by atoms with van der Waals surface area (Å²) >= 11 is 6.49. The first-order valence-electron chi connectivity index (χ1n) is 9.74. The molecule has 1 aromatic heterocycles. The van der Waals surface area contributed by atoms with Crippen LogP contribution < -0.4 is 5.32 Å². The Morgan fingerprint density at radius 3 is 2.70 bits per heavy atom. The normalized spacial score (nSPS) is 15.6. The molecule has 30 heavy (non-hydrogen) atoms.